The predicted octanol–water partition coefficient (Wildman–Crippen LogP) is 14.0. The van der Waals surface area contributed by atoms with Crippen molar-refractivity contribution in [1.29, 1.82) is 0 Å². The first-order chi connectivity index (χ1) is 32.0. The lowest BCUT2D eigenvalue weighted by Crippen LogP contribution is -2.02. The molecule has 1 aliphatic heterocycles. The number of rotatable bonds is 9. The number of hydrogen-bond donors (Lipinski definition) is 0. The third kappa shape index (κ3) is 18.6. The fourth-order valence-corrected chi connectivity index (χ4v) is 5.71. The topological polar surface area (TPSA) is 95.8 Å². The summed E-state index contributed by atoms with van der Waals surface area (Å²) < 4.78 is 133. The number of pyridine rings is 6. The fourth-order valence-electron chi connectivity index (χ4n) is 5.71. The van der Waals surface area contributed by atoms with Gasteiger partial charge in [-0.1, -0.05) is 29.8 Å². The smallest absolute Gasteiger partial charge is 0.263 e. The molecule has 1 aliphatic rings. The highest BCUT2D eigenvalue weighted by Crippen LogP contribution is 2.26. The highest BCUT2D eigenvalue weighted by molar-refractivity contribution is 5.55. The van der Waals surface area contributed by atoms with Crippen molar-refractivity contribution in [2.75, 3.05) is 13.2 Å². The lowest BCUT2D eigenvalue weighted by Gasteiger charge is -2.09. The number of aromatic nitrogens is 6. The Kier molecular flexibility index (Phi) is 21.4. The molecule has 6 aromatic heterocycles. The molecule has 1 fully saturated rings. The van der Waals surface area contributed by atoms with E-state index in [4.69, 9.17) is 9.47 Å². The molecule has 7 aromatic rings. The number of aryl methyl sites for hydroxylation is 4. The van der Waals surface area contributed by atoms with Crippen molar-refractivity contribution in [2.45, 2.75) is 72.5 Å². The highest BCUT2D eigenvalue weighted by Gasteiger charge is 2.21. The molecule has 0 amide bonds. The monoisotopic (exact) mass is 940 g/mol. The van der Waals surface area contributed by atoms with E-state index in [-0.39, 0.29) is 27.8 Å². The van der Waals surface area contributed by atoms with E-state index in [1.165, 1.54) is 97.2 Å². The summed E-state index contributed by atoms with van der Waals surface area (Å²) in [6, 6.07) is 25.1. The molecule has 8 nitrogen and oxygen atoms in total. The maximum Gasteiger partial charge on any atom is 0.263 e. The SMILES string of the molecule is Cc1cc(C(F)F)ccn1.Cc1cc(C(F)F)ccn1.Cc1ccc(Cc2cc(C(F)F)ccn2)cc1.Cc1ccnc(-c2cc(C(F)F)ccn2)c1.FC(F)c1ccnc(C2OCCO2)c1. The minimum atomic E-state index is -2.49. The molecule has 0 spiro atoms. The second-order valence-electron chi connectivity index (χ2n) is 14.5. The van der Waals surface area contributed by atoms with Gasteiger partial charge in [0.15, 0.2) is 0 Å². The van der Waals surface area contributed by atoms with Crippen LogP contribution in [0.25, 0.3) is 11.4 Å². The normalized spacial score (nSPS) is 12.2. The highest BCUT2D eigenvalue weighted by atomic mass is 19.3. The Hall–Kier alpha value is -6.66. The van der Waals surface area contributed by atoms with E-state index >= 15 is 0 Å². The quantitative estimate of drug-likeness (QED) is 0.132. The Bertz CT molecular complexity index is 2500. The molecule has 0 radical (unpaired) electrons. The van der Waals surface area contributed by atoms with Crippen LogP contribution in [0.5, 0.6) is 0 Å². The van der Waals surface area contributed by atoms with Crippen LogP contribution < -0.4 is 0 Å². The van der Waals surface area contributed by atoms with Gasteiger partial charge in [-0.25, -0.2) is 43.9 Å². The van der Waals surface area contributed by atoms with Crippen LogP contribution in [-0.2, 0) is 15.9 Å². The Morgan fingerprint density at radius 1 is 0.418 bits per heavy atom. The summed E-state index contributed by atoms with van der Waals surface area (Å²) in [5.41, 5.74) is 6.70. The van der Waals surface area contributed by atoms with E-state index in [1.54, 1.807) is 20.0 Å². The maximum absolute atomic E-state index is 12.5. The van der Waals surface area contributed by atoms with Gasteiger partial charge in [-0.2, -0.15) is 0 Å². The van der Waals surface area contributed by atoms with E-state index in [1.807, 2.05) is 50.2 Å². The Morgan fingerprint density at radius 3 is 1.28 bits per heavy atom. The summed E-state index contributed by atoms with van der Waals surface area (Å²) in [6.45, 7) is 8.26. The minimum absolute atomic E-state index is 0.0297. The number of ether oxygens (including phenoxy) is 2. The van der Waals surface area contributed by atoms with E-state index in [0.29, 0.717) is 53.8 Å². The molecule has 18 heteroatoms. The zero-order valence-electron chi connectivity index (χ0n) is 36.6. The van der Waals surface area contributed by atoms with Gasteiger partial charge in [0.25, 0.3) is 32.1 Å². The van der Waals surface area contributed by atoms with Crippen molar-refractivity contribution in [2.24, 2.45) is 0 Å². The van der Waals surface area contributed by atoms with Crippen LogP contribution in [0.3, 0.4) is 0 Å². The van der Waals surface area contributed by atoms with Gasteiger partial charge in [-0.3, -0.25) is 29.9 Å². The van der Waals surface area contributed by atoms with Crippen LogP contribution in [0.2, 0.25) is 0 Å². The molecule has 0 saturated carbocycles. The average molecular weight is 941 g/mol. The van der Waals surface area contributed by atoms with Crippen molar-refractivity contribution >= 4 is 0 Å². The molecule has 0 bridgehead atoms. The standard InChI is InChI=1S/C14H13F2N.C12H10F2N2.C9H9F2NO2.2C7H7F2N/c1-10-2-4-11(5-3-10)8-13-9-12(14(15)16)6-7-17-13;1-8-2-4-15-10(6-8)11-7-9(12(13)14)3-5-16-11;10-8(11)6-1-2-12-7(5-6)9-13-3-4-14-9;2*1-5-4-6(7(8)9)2-3-10-5/h2-7,9,14H,8H2,1H3;2-7,12H,1H3;1-2,5,8-9H,3-4H2;2*2-4,7H,1H3. The average Bonchev–Trinajstić information content (AvgIpc) is 3.87. The zero-order chi connectivity index (χ0) is 48.9. The molecular formula is C49H46F10N6O2. The first-order valence-electron chi connectivity index (χ1n) is 20.3. The van der Waals surface area contributed by atoms with Crippen LogP contribution in [0.15, 0.2) is 134 Å². The van der Waals surface area contributed by atoms with E-state index in [9.17, 15) is 43.9 Å². The molecule has 67 heavy (non-hydrogen) atoms. The molecule has 0 unspecified atom stereocenters. The Morgan fingerprint density at radius 2 is 0.821 bits per heavy atom. The third-order valence-electron chi connectivity index (χ3n) is 9.08. The predicted molar refractivity (Wildman–Crippen MR) is 232 cm³/mol. The van der Waals surface area contributed by atoms with Gasteiger partial charge < -0.3 is 9.47 Å². The third-order valence-corrected chi connectivity index (χ3v) is 9.08. The lowest BCUT2D eigenvalue weighted by atomic mass is 10.1. The summed E-state index contributed by atoms with van der Waals surface area (Å²) in [5, 5.41) is 0. The van der Waals surface area contributed by atoms with E-state index in [2.05, 4.69) is 29.9 Å². The number of halogens is 10. The van der Waals surface area contributed by atoms with Crippen molar-refractivity contribution in [3.8, 4) is 11.4 Å². The first kappa shape index (κ1) is 53.0. The van der Waals surface area contributed by atoms with Crippen molar-refractivity contribution in [3.05, 3.63) is 202 Å². The minimum Gasteiger partial charge on any atom is -0.345 e. The van der Waals surface area contributed by atoms with Gasteiger partial charge >= 0.3 is 0 Å². The van der Waals surface area contributed by atoms with Crippen molar-refractivity contribution in [1.82, 2.24) is 29.9 Å². The van der Waals surface area contributed by atoms with Crippen LogP contribution in [-0.4, -0.2) is 43.1 Å². The molecule has 1 aromatic carbocycles. The maximum atomic E-state index is 12.5. The largest absolute Gasteiger partial charge is 0.345 e. The molecule has 354 valence electrons. The van der Waals surface area contributed by atoms with E-state index in [0.717, 1.165) is 11.1 Å². The van der Waals surface area contributed by atoms with Crippen LogP contribution in [0.4, 0.5) is 43.9 Å². The second kappa shape index (κ2) is 27.1. The number of hydrogen-bond acceptors (Lipinski definition) is 8. The molecular weight excluding hydrogens is 895 g/mol. The molecule has 8 rings (SSSR count). The Labute approximate surface area is 381 Å². The molecule has 0 N–H and O–H groups in total. The summed E-state index contributed by atoms with van der Waals surface area (Å²) >= 11 is 0. The van der Waals surface area contributed by atoms with Gasteiger partial charge in [0, 0.05) is 88.5 Å². The molecule has 0 aliphatic carbocycles. The number of nitrogens with zero attached hydrogens (tertiary/aromatic N) is 6. The van der Waals surface area contributed by atoms with Gasteiger partial charge in [0.2, 0.25) is 6.29 Å². The molecule has 0 atom stereocenters. The first-order valence-corrected chi connectivity index (χ1v) is 20.3. The number of benzene rings is 1. The molecule has 1 saturated heterocycles. The van der Waals surface area contributed by atoms with Crippen LogP contribution in [0, 0.1) is 27.7 Å². The van der Waals surface area contributed by atoms with Gasteiger partial charge in [-0.05, 0) is 112 Å². The van der Waals surface area contributed by atoms with Crippen LogP contribution in [0.1, 0.15) is 106 Å². The van der Waals surface area contributed by atoms with Crippen molar-refractivity contribution in [3.63, 3.8) is 0 Å². The summed E-state index contributed by atoms with van der Waals surface area (Å²) in [5.74, 6) is 0. The summed E-state index contributed by atoms with van der Waals surface area (Å²) in [4.78, 5) is 23.7. The number of alkyl halides is 10. The summed E-state index contributed by atoms with van der Waals surface area (Å²) in [7, 11) is 0. The van der Waals surface area contributed by atoms with Gasteiger partial charge in [-0.15, -0.1) is 0 Å². The van der Waals surface area contributed by atoms with Crippen molar-refractivity contribution < 1.29 is 53.4 Å². The van der Waals surface area contributed by atoms with Gasteiger partial charge in [0.1, 0.15) is 0 Å². The lowest BCUT2D eigenvalue weighted by molar-refractivity contribution is -0.0474. The van der Waals surface area contributed by atoms with Crippen LogP contribution >= 0.6 is 0 Å². The van der Waals surface area contributed by atoms with Gasteiger partial charge in [0.05, 0.1) is 30.3 Å². The zero-order valence-corrected chi connectivity index (χ0v) is 36.6. The second-order valence-corrected chi connectivity index (χ2v) is 14.5. The fraction of sp³-hybridized carbons (Fsp3) is 0.265. The Balaban J connectivity index is 0.000000186. The molecule has 7 heterocycles. The summed E-state index contributed by atoms with van der Waals surface area (Å²) in [6.07, 6.45) is -3.62. The van der Waals surface area contributed by atoms with E-state index < -0.39 is 38.4 Å².